The Kier molecular flexibility index (Phi) is 6.43. The highest BCUT2D eigenvalue weighted by Crippen LogP contribution is 2.42. The lowest BCUT2D eigenvalue weighted by molar-refractivity contribution is -0.140. The molecular weight excluding hydrogens is 362 g/mol. The molecule has 27 heavy (non-hydrogen) atoms. The maximum absolute atomic E-state index is 13.0. The highest BCUT2D eigenvalue weighted by molar-refractivity contribution is 5.94. The second-order valence-corrected chi connectivity index (χ2v) is 8.18. The number of carbonyl (C=O) groups is 2. The van der Waals surface area contributed by atoms with Crippen LogP contribution in [0.1, 0.15) is 42.5 Å². The molecule has 1 saturated heterocycles. The van der Waals surface area contributed by atoms with Gasteiger partial charge in [0.15, 0.2) is 0 Å². The number of halogens is 1. The van der Waals surface area contributed by atoms with Crippen LogP contribution in [0.4, 0.5) is 0 Å². The van der Waals surface area contributed by atoms with E-state index < -0.39 is 0 Å². The second kappa shape index (κ2) is 8.61. The number of hydrogen-bond donors (Lipinski definition) is 1. The van der Waals surface area contributed by atoms with Crippen molar-refractivity contribution < 1.29 is 9.59 Å². The highest BCUT2D eigenvalue weighted by Gasteiger charge is 2.42. The van der Waals surface area contributed by atoms with Gasteiger partial charge in [0.25, 0.3) is 5.91 Å². The minimum atomic E-state index is 0. The fourth-order valence-electron chi connectivity index (χ4n) is 5.14. The third-order valence-corrected chi connectivity index (χ3v) is 6.66. The van der Waals surface area contributed by atoms with Gasteiger partial charge in [0, 0.05) is 43.7 Å². The van der Waals surface area contributed by atoms with E-state index in [1.807, 2.05) is 40.1 Å². The van der Waals surface area contributed by atoms with Crippen molar-refractivity contribution in [3.8, 4) is 0 Å². The summed E-state index contributed by atoms with van der Waals surface area (Å²) in [4.78, 5) is 29.4. The maximum atomic E-state index is 13.0. The van der Waals surface area contributed by atoms with Gasteiger partial charge in [-0.05, 0) is 49.7 Å². The molecule has 0 radical (unpaired) electrons. The van der Waals surface area contributed by atoms with Crippen LogP contribution in [0.25, 0.3) is 0 Å². The first-order valence-electron chi connectivity index (χ1n) is 10.0. The van der Waals surface area contributed by atoms with Crippen molar-refractivity contribution in [2.45, 2.75) is 38.1 Å². The Labute approximate surface area is 167 Å². The molecule has 2 amide bonds. The minimum absolute atomic E-state index is 0. The van der Waals surface area contributed by atoms with E-state index in [0.29, 0.717) is 50.0 Å². The first kappa shape index (κ1) is 20.2. The van der Waals surface area contributed by atoms with Gasteiger partial charge >= 0.3 is 0 Å². The van der Waals surface area contributed by atoms with Crippen molar-refractivity contribution in [2.75, 3.05) is 26.2 Å². The van der Waals surface area contributed by atoms with Gasteiger partial charge in [0.05, 0.1) is 0 Å². The van der Waals surface area contributed by atoms with Gasteiger partial charge in [-0.3, -0.25) is 9.59 Å². The van der Waals surface area contributed by atoms with Crippen LogP contribution in [0.15, 0.2) is 30.3 Å². The molecule has 2 atom stereocenters. The standard InChI is InChI=1S/C21H29N3O2.ClH/c22-19-16-7-4-8-17(19)14-18(13-16)21(26)24-11-9-23(10-12-24)20(25)15-5-2-1-3-6-15;/h1-3,5-6,16-19H,4,7-14,22H2;1H. The lowest BCUT2D eigenvalue weighted by atomic mass is 9.65. The molecule has 5 nitrogen and oxygen atoms in total. The number of rotatable bonds is 2. The molecule has 2 N–H and O–H groups in total. The predicted octanol–water partition coefficient (Wildman–Crippen LogP) is 2.55. The summed E-state index contributed by atoms with van der Waals surface area (Å²) in [5.74, 6) is 1.55. The molecule has 6 heteroatoms. The van der Waals surface area contributed by atoms with Gasteiger partial charge in [-0.25, -0.2) is 0 Å². The van der Waals surface area contributed by atoms with Crippen molar-refractivity contribution in [1.29, 1.82) is 0 Å². The normalized spacial score (nSPS) is 30.4. The summed E-state index contributed by atoms with van der Waals surface area (Å²) in [7, 11) is 0. The van der Waals surface area contributed by atoms with Crippen LogP contribution in [0.5, 0.6) is 0 Å². The Morgan fingerprint density at radius 2 is 1.44 bits per heavy atom. The van der Waals surface area contributed by atoms with Gasteiger partial charge in [-0.2, -0.15) is 0 Å². The van der Waals surface area contributed by atoms with Crippen molar-refractivity contribution >= 4 is 24.2 Å². The smallest absolute Gasteiger partial charge is 0.253 e. The molecule has 1 aromatic carbocycles. The van der Waals surface area contributed by atoms with Gasteiger partial charge in [-0.1, -0.05) is 24.6 Å². The molecule has 148 valence electrons. The summed E-state index contributed by atoms with van der Waals surface area (Å²) in [6.07, 6.45) is 5.55. The molecular formula is C21H30ClN3O2. The average molecular weight is 392 g/mol. The Morgan fingerprint density at radius 1 is 0.889 bits per heavy atom. The molecule has 4 rings (SSSR count). The van der Waals surface area contributed by atoms with E-state index >= 15 is 0 Å². The number of nitrogens with two attached hydrogens (primary N) is 1. The summed E-state index contributed by atoms with van der Waals surface area (Å²) in [5, 5.41) is 0. The van der Waals surface area contributed by atoms with E-state index in [4.69, 9.17) is 5.73 Å². The number of hydrogen-bond acceptors (Lipinski definition) is 3. The molecule has 2 aliphatic carbocycles. The van der Waals surface area contributed by atoms with Crippen LogP contribution in [-0.2, 0) is 4.79 Å². The summed E-state index contributed by atoms with van der Waals surface area (Å²) < 4.78 is 0. The highest BCUT2D eigenvalue weighted by atomic mass is 35.5. The van der Waals surface area contributed by atoms with Crippen LogP contribution in [0.3, 0.4) is 0 Å². The topological polar surface area (TPSA) is 66.6 Å². The fourth-order valence-corrected chi connectivity index (χ4v) is 5.14. The van der Waals surface area contributed by atoms with Crippen molar-refractivity contribution in [1.82, 2.24) is 9.80 Å². The second-order valence-electron chi connectivity index (χ2n) is 8.18. The first-order valence-corrected chi connectivity index (χ1v) is 10.0. The molecule has 2 unspecified atom stereocenters. The Bertz CT molecular complexity index is 647. The Hall–Kier alpha value is -1.59. The number of nitrogens with zero attached hydrogens (tertiary/aromatic N) is 2. The van der Waals surface area contributed by atoms with Gasteiger partial charge in [0.1, 0.15) is 0 Å². The maximum Gasteiger partial charge on any atom is 0.253 e. The zero-order valence-corrected chi connectivity index (χ0v) is 16.6. The van der Waals surface area contributed by atoms with Crippen molar-refractivity contribution in [3.05, 3.63) is 35.9 Å². The van der Waals surface area contributed by atoms with Crippen LogP contribution >= 0.6 is 12.4 Å². The zero-order chi connectivity index (χ0) is 18.1. The van der Waals surface area contributed by atoms with Gasteiger partial charge < -0.3 is 15.5 Å². The van der Waals surface area contributed by atoms with E-state index in [-0.39, 0.29) is 24.2 Å². The summed E-state index contributed by atoms with van der Waals surface area (Å²) in [5.41, 5.74) is 7.09. The van der Waals surface area contributed by atoms with E-state index in [0.717, 1.165) is 18.4 Å². The summed E-state index contributed by atoms with van der Waals surface area (Å²) in [6, 6.07) is 9.69. The third-order valence-electron chi connectivity index (χ3n) is 6.66. The minimum Gasteiger partial charge on any atom is -0.339 e. The largest absolute Gasteiger partial charge is 0.339 e. The lowest BCUT2D eigenvalue weighted by Crippen LogP contribution is -2.54. The molecule has 2 saturated carbocycles. The first-order chi connectivity index (χ1) is 12.6. The predicted molar refractivity (Wildman–Crippen MR) is 108 cm³/mol. The van der Waals surface area contributed by atoms with Gasteiger partial charge in [0.2, 0.25) is 5.91 Å². The third kappa shape index (κ3) is 4.14. The lowest BCUT2D eigenvalue weighted by Gasteiger charge is -2.45. The Morgan fingerprint density at radius 3 is 2.04 bits per heavy atom. The number of amides is 2. The van der Waals surface area contributed by atoms with E-state index in [9.17, 15) is 9.59 Å². The van der Waals surface area contributed by atoms with Crippen LogP contribution in [0, 0.1) is 17.8 Å². The average Bonchev–Trinajstić information content (AvgIpc) is 2.67. The quantitative estimate of drug-likeness (QED) is 0.842. The van der Waals surface area contributed by atoms with E-state index in [2.05, 4.69) is 0 Å². The molecule has 1 heterocycles. The van der Waals surface area contributed by atoms with Crippen LogP contribution < -0.4 is 5.73 Å². The molecule has 3 fully saturated rings. The molecule has 3 aliphatic rings. The SMILES string of the molecule is Cl.NC1C2CCCC1CC(C(=O)N1CCN(C(=O)c3ccccc3)CC1)C2. The number of fused-ring (bicyclic) bond motifs is 2. The number of carbonyl (C=O) groups excluding carboxylic acids is 2. The number of piperazine rings is 1. The molecule has 1 aliphatic heterocycles. The van der Waals surface area contributed by atoms with E-state index in [1.54, 1.807) is 0 Å². The molecule has 0 aromatic heterocycles. The molecule has 1 aromatic rings. The fraction of sp³-hybridized carbons (Fsp3) is 0.619. The summed E-state index contributed by atoms with van der Waals surface area (Å²) >= 11 is 0. The van der Waals surface area contributed by atoms with Gasteiger partial charge in [-0.15, -0.1) is 12.4 Å². The Balaban J connectivity index is 0.00000210. The number of benzene rings is 1. The van der Waals surface area contributed by atoms with E-state index in [1.165, 1.54) is 19.3 Å². The van der Waals surface area contributed by atoms with Crippen molar-refractivity contribution in [3.63, 3.8) is 0 Å². The van der Waals surface area contributed by atoms with Crippen LogP contribution in [0.2, 0.25) is 0 Å². The summed E-state index contributed by atoms with van der Waals surface area (Å²) in [6.45, 7) is 2.54. The monoisotopic (exact) mass is 391 g/mol. The van der Waals surface area contributed by atoms with Crippen molar-refractivity contribution in [2.24, 2.45) is 23.5 Å². The molecule has 0 spiro atoms. The zero-order valence-electron chi connectivity index (χ0n) is 15.8. The molecule has 2 bridgehead atoms. The van der Waals surface area contributed by atoms with Crippen LogP contribution in [-0.4, -0.2) is 53.8 Å².